The van der Waals surface area contributed by atoms with E-state index in [-0.39, 0.29) is 62.9 Å². The minimum absolute atomic E-state index is 0.123. The van der Waals surface area contributed by atoms with Crippen molar-refractivity contribution in [3.05, 3.63) is 304 Å². The largest absolute Gasteiger partial charge is 0.466 e. The first kappa shape index (κ1) is 67.0. The lowest BCUT2D eigenvalue weighted by Crippen LogP contribution is -2.36. The van der Waals surface area contributed by atoms with Crippen LogP contribution in [0, 0.1) is 120 Å². The molecule has 0 spiro atoms. The van der Waals surface area contributed by atoms with Crippen molar-refractivity contribution in [3.63, 3.8) is 0 Å². The molecule has 17 aromatic rings. The van der Waals surface area contributed by atoms with Crippen LogP contribution in [0.15, 0.2) is 175 Å². The average molecular weight is 1830 g/mol. The lowest BCUT2D eigenvalue weighted by Gasteiger charge is -2.23. The second-order valence-corrected chi connectivity index (χ2v) is 38.4. The van der Waals surface area contributed by atoms with Crippen LogP contribution >= 0.6 is 0 Å². The molecule has 3 saturated carbocycles. The summed E-state index contributed by atoms with van der Waals surface area (Å²) in [5, 5.41) is 6.36. The molecule has 1 atom stereocenters. The smallest absolute Gasteiger partial charge is 0.237 e. The fourth-order valence-electron chi connectivity index (χ4n) is 20.1. The summed E-state index contributed by atoms with van der Waals surface area (Å²) in [4.78, 5) is 15.2. The summed E-state index contributed by atoms with van der Waals surface area (Å²) in [6.07, 6.45) is 8.86. The van der Waals surface area contributed by atoms with Gasteiger partial charge in [-0.15, -0.1) is 0 Å². The molecule has 136 heavy (non-hydrogen) atoms. The minimum atomic E-state index is -2.91. The number of aromatic nitrogens is 4. The molecule has 20 rings (SSSR count). The third-order valence-electron chi connectivity index (χ3n) is 28.0. The Morgan fingerprint density at radius 1 is 0.404 bits per heavy atom. The van der Waals surface area contributed by atoms with Gasteiger partial charge in [0.1, 0.15) is 72.9 Å². The van der Waals surface area contributed by atoms with E-state index in [0.29, 0.717) is 184 Å². The summed E-state index contributed by atoms with van der Waals surface area (Å²) >= 11 is 0. The molecule has 1 unspecified atom stereocenters. The first-order valence-electron chi connectivity index (χ1n) is 60.2. The van der Waals surface area contributed by atoms with Crippen LogP contribution in [0.4, 0.5) is 22.7 Å². The van der Waals surface area contributed by atoms with Crippen LogP contribution in [-0.4, -0.2) is 0 Å². The number of hydrogen-bond donors (Lipinski definition) is 0. The van der Waals surface area contributed by atoms with Gasteiger partial charge in [-0.2, -0.15) is 18.3 Å². The van der Waals surface area contributed by atoms with E-state index in [1.807, 2.05) is 161 Å². The van der Waals surface area contributed by atoms with Gasteiger partial charge in [-0.3, -0.25) is 0 Å². The van der Waals surface area contributed by atoms with Crippen LogP contribution in [-0.2, 0) is 40.9 Å². The first-order chi connectivity index (χ1) is 75.5. The summed E-state index contributed by atoms with van der Waals surface area (Å²) in [5.41, 5.74) is 17.1. The van der Waals surface area contributed by atoms with Crippen LogP contribution in [0.1, 0.15) is 305 Å². The van der Waals surface area contributed by atoms with E-state index >= 15 is 0 Å². The summed E-state index contributed by atoms with van der Waals surface area (Å²) in [6.45, 7) is 42.4. The molecule has 8 aromatic heterocycles. The highest BCUT2D eigenvalue weighted by molar-refractivity contribution is 6.16. The zero-order valence-corrected chi connectivity index (χ0v) is 81.2. The first-order valence-corrected chi connectivity index (χ1v) is 47.2. The molecule has 0 amide bonds. The Kier molecular flexibility index (Phi) is 19.0. The Morgan fingerprint density at radius 3 is 1.17 bits per heavy atom. The lowest BCUT2D eigenvalue weighted by molar-refractivity contribution is -0.667. The number of pyridine rings is 4. The molecule has 3 fully saturated rings. The predicted molar refractivity (Wildman–Crippen MR) is 562 cm³/mol. The molecule has 12 nitrogen and oxygen atoms in total. The van der Waals surface area contributed by atoms with Gasteiger partial charge in [0, 0.05) is 149 Å². The van der Waals surface area contributed by atoms with Gasteiger partial charge >= 0.3 is 0 Å². The number of rotatable bonds is 12. The maximum absolute atomic E-state index is 9.42. The molecule has 0 bridgehead atoms. The maximum Gasteiger partial charge on any atom is 0.237 e. The molecule has 8 heterocycles. The number of nitrogens with zero attached hydrogens (tertiary/aromatic N) is 8. The van der Waals surface area contributed by atoms with Crippen LogP contribution in [0.5, 0.6) is 0 Å². The van der Waals surface area contributed by atoms with Crippen molar-refractivity contribution in [1.82, 2.24) is 0 Å². The molecule has 0 aliphatic heterocycles. The van der Waals surface area contributed by atoms with Crippen molar-refractivity contribution in [1.29, 1.82) is 0 Å². The van der Waals surface area contributed by atoms with Gasteiger partial charge in [0.25, 0.3) is 0 Å². The van der Waals surface area contributed by atoms with Gasteiger partial charge in [-0.25, -0.2) is 19.4 Å². The molecule has 3 aliphatic carbocycles. The zero-order chi connectivity index (χ0) is 119. The molecule has 690 valence electrons. The average Bonchev–Trinajstić information content (AvgIpc) is 1.31. The number of hydrogen-bond acceptors (Lipinski definition) is 4. The molecule has 9 aromatic carbocycles. The number of furan rings is 4. The van der Waals surface area contributed by atoms with Gasteiger partial charge in [-0.1, -0.05) is 215 Å². The minimum Gasteiger partial charge on any atom is -0.466 e. The van der Waals surface area contributed by atoms with Gasteiger partial charge < -0.3 is 17.7 Å². The topological polar surface area (TPSA) is 85.5 Å². The monoisotopic (exact) mass is 1830 g/mol. The molecule has 0 N–H and O–H groups in total. The Hall–Kier alpha value is -13.3. The van der Waals surface area contributed by atoms with Gasteiger partial charge in [-0.05, 0) is 232 Å². The van der Waals surface area contributed by atoms with Crippen molar-refractivity contribution in [2.45, 2.75) is 264 Å². The standard InChI is InChI=1S/C33H39N2O.C32H37N2O.C31H35N2O.C28H23N2O/c1-20-14-15-25-27-17-26(23-12-10-9-11-13-23)28(34-7)18-30(27)36-32(25)31(20)29-16-24(19-33(4,5)6)21(2)22(3)35(29)8;1-19(2)15-24-16-29(34(7)22(5)21(24)4)31-20(3)13-14-25-27-17-26(23-11-9-8-10-12-23)28(33-6)18-30(27)35-32(25)31;1-18(2)24-16-28(33(7)21(5)20(24)4)30-19(3)13-14-23-26-15-25(22-11-9-8-10-12-22)27(32-6)17-29(26)34-31(23)30;1-17-12-16-24(30(5)19(17)3)25-18(2)11-13-22-23-15-14-21(20-9-7-6-8-10-20)26(29-4)28(23)31-27(22)25/h14-18,23H,9-13,19H2,1-6,8H3;13-14,16-19,23H,8-12,15H2,1-5,7H3;13-18,22H,8-12H2,1-5,7H3;6-16H,1-3,5H3/q4*+1/i2D3,16D,19D2,23D;4D3,15D2,16D,23D;1D3,4D3,16D,18D,22D;1D3. The van der Waals surface area contributed by atoms with E-state index in [0.717, 1.165) is 141 Å². The van der Waals surface area contributed by atoms with Crippen molar-refractivity contribution >= 4 is 111 Å². The number of fused-ring (bicyclic) bond motifs is 12. The molecule has 12 heteroatoms. The Morgan fingerprint density at radius 2 is 0.772 bits per heavy atom. The molecule has 0 radical (unpaired) electrons. The second-order valence-electron chi connectivity index (χ2n) is 38.4. The summed E-state index contributed by atoms with van der Waals surface area (Å²) < 4.78 is 256. The van der Waals surface area contributed by atoms with Gasteiger partial charge in [0.2, 0.25) is 28.5 Å². The summed E-state index contributed by atoms with van der Waals surface area (Å²) in [5.74, 6) is -5.49. The fourth-order valence-corrected chi connectivity index (χ4v) is 20.1. The van der Waals surface area contributed by atoms with Crippen LogP contribution in [0.25, 0.3) is 163 Å². The fraction of sp³-hybridized carbons (Fsp3) is 0.371. The Bertz CT molecular complexity index is 8850. The number of benzene rings is 9. The van der Waals surface area contributed by atoms with Gasteiger partial charge in [0.15, 0.2) is 39.8 Å². The lowest BCUT2D eigenvalue weighted by atomic mass is 9.83. The quantitative estimate of drug-likeness (QED) is 0.0901. The van der Waals surface area contributed by atoms with E-state index in [1.54, 1.807) is 114 Å². The Labute approximate surface area is 841 Å². The van der Waals surface area contributed by atoms with E-state index in [1.165, 1.54) is 0 Å². The third-order valence-corrected chi connectivity index (χ3v) is 28.0. The molecular formula is C124H134N8O4+4. The maximum atomic E-state index is 9.42. The van der Waals surface area contributed by atoms with Crippen molar-refractivity contribution in [2.75, 3.05) is 0 Å². The number of aryl methyl sites for hydroxylation is 5. The highest BCUT2D eigenvalue weighted by Gasteiger charge is 2.34. The van der Waals surface area contributed by atoms with Crippen molar-refractivity contribution in [3.8, 4) is 56.2 Å². The van der Waals surface area contributed by atoms with Crippen LogP contribution in [0.2, 0.25) is 0 Å². The normalized spacial score (nSPS) is 18.7. The second kappa shape index (κ2) is 38.5. The SMILES string of the molecule is [2H]C([2H])([2H])c1ccc(-c2c(C)ccc3c2oc2c([N+]#[C-])c(-c4ccccc4)ccc23)[n+](C)c1C.[2H]c1c(C([2H])(C)C([2H])([2H])[2H])c(C([2H])([2H])[2H])c(C)[n+](C)c1-c1c(C)ccc2c1oc1cc([N+]#[C-])c(C3([2H])CCCCC3)cc12.[2H]c1c(C([2H])([2H])C(C)(C)C)c(C([2H])([2H])[2H])c(C)[n+](C)c1-c1c(C)ccc2c1oc1cc([N+]#[C-])c(C3([2H])CCCCC3)cc12.[2H]c1c(C([2H])([2H])C(C)C)c(C([2H])([2H])[2H])c(C)[n+](C)c1-c1c(C)ccc2c1oc1cc([N+]#[C-])c(C3([2H])CCCCC3)cc12. The van der Waals surface area contributed by atoms with E-state index < -0.39 is 81.9 Å². The summed E-state index contributed by atoms with van der Waals surface area (Å²) in [6, 6.07) is 43.1. The van der Waals surface area contributed by atoms with Crippen LogP contribution < -0.4 is 18.3 Å². The third kappa shape index (κ3) is 17.6. The highest BCUT2D eigenvalue weighted by Crippen LogP contribution is 2.51. The van der Waals surface area contributed by atoms with Crippen LogP contribution in [0.3, 0.4) is 0 Å². The summed E-state index contributed by atoms with van der Waals surface area (Å²) in [7, 11) is 6.91. The van der Waals surface area contributed by atoms with Crippen molar-refractivity contribution < 1.29 is 71.6 Å². The van der Waals surface area contributed by atoms with E-state index in [9.17, 15) is 8.22 Å². The van der Waals surface area contributed by atoms with Gasteiger partial charge in [0.05, 0.1) is 52.7 Å². The highest BCUT2D eigenvalue weighted by atomic mass is 16.3. The zero-order valence-electron chi connectivity index (χ0n) is 107. The van der Waals surface area contributed by atoms with E-state index in [4.69, 9.17) is 71.4 Å². The molecular weight excluding hydrogens is 1670 g/mol. The van der Waals surface area contributed by atoms with Crippen molar-refractivity contribution in [2.24, 2.45) is 39.5 Å². The van der Waals surface area contributed by atoms with E-state index in [2.05, 4.69) is 19.4 Å². The predicted octanol–water partition coefficient (Wildman–Crippen LogP) is 33.9. The molecule has 3 aliphatic rings. The Balaban J connectivity index is 0.000000145. The molecule has 0 saturated heterocycles.